The fourth-order valence-corrected chi connectivity index (χ4v) is 9.99. The third-order valence-corrected chi connectivity index (χ3v) is 11.4. The van der Waals surface area contributed by atoms with Crippen molar-refractivity contribution in [2.75, 3.05) is 4.90 Å². The van der Waals surface area contributed by atoms with Gasteiger partial charge in [-0.15, -0.1) is 22.7 Å². The number of nitriles is 1. The lowest BCUT2D eigenvalue weighted by atomic mass is 9.71. The molecule has 0 saturated heterocycles. The molecule has 2 aliphatic rings. The smallest absolute Gasteiger partial charge is 0.263 e. The summed E-state index contributed by atoms with van der Waals surface area (Å²) in [7, 11) is 0. The molecule has 4 aromatic carbocycles. The number of nitrogens with zero attached hydrogens (tertiary/aromatic N) is 4. The summed E-state index contributed by atoms with van der Waals surface area (Å²) in [5.41, 5.74) is 11.1. The average Bonchev–Trinajstić information content (AvgIpc) is 3.82. The highest BCUT2D eigenvalue weighted by molar-refractivity contribution is 7.30. The zero-order valence-electron chi connectivity index (χ0n) is 24.3. The van der Waals surface area contributed by atoms with Crippen LogP contribution in [-0.2, 0) is 5.41 Å². The largest absolute Gasteiger partial charge is 0.309 e. The molecule has 0 fully saturated rings. The van der Waals surface area contributed by atoms with Gasteiger partial charge in [0.1, 0.15) is 0 Å². The molecule has 214 valence electrons. The van der Waals surface area contributed by atoms with Crippen molar-refractivity contribution in [1.82, 2.24) is 4.98 Å². The SMILES string of the molecule is [C-]#[N+]/C(C#N)=C\c1cc2sc3c(c2s1)C1(c2ccccc2-c2ccccc21)c1cc(N(c2ccccc2)c2ccccc2)cnc1-3. The van der Waals surface area contributed by atoms with Gasteiger partial charge in [-0.1, -0.05) is 84.9 Å². The fourth-order valence-electron chi connectivity index (χ4n) is 7.28. The van der Waals surface area contributed by atoms with Crippen molar-refractivity contribution in [3.63, 3.8) is 0 Å². The maximum absolute atomic E-state index is 9.47. The van der Waals surface area contributed by atoms with E-state index in [9.17, 15) is 5.26 Å². The quantitative estimate of drug-likeness (QED) is 0.145. The normalized spacial score (nSPS) is 13.5. The van der Waals surface area contributed by atoms with Gasteiger partial charge >= 0.3 is 0 Å². The molecule has 0 aliphatic heterocycles. The van der Waals surface area contributed by atoms with E-state index in [2.05, 4.69) is 119 Å². The number of pyridine rings is 1. The second kappa shape index (κ2) is 10.1. The monoisotopic (exact) mass is 622 g/mol. The molecule has 0 N–H and O–H groups in total. The van der Waals surface area contributed by atoms with E-state index >= 15 is 0 Å². The Morgan fingerprint density at radius 3 is 1.98 bits per heavy atom. The molecule has 6 heteroatoms. The summed E-state index contributed by atoms with van der Waals surface area (Å²) in [5.74, 6) is 0. The molecule has 9 rings (SSSR count). The van der Waals surface area contributed by atoms with Crippen LogP contribution in [-0.4, -0.2) is 4.98 Å². The third kappa shape index (κ3) is 3.60. The lowest BCUT2D eigenvalue weighted by Crippen LogP contribution is -2.26. The van der Waals surface area contributed by atoms with Crippen molar-refractivity contribution in [2.45, 2.75) is 5.41 Å². The summed E-state index contributed by atoms with van der Waals surface area (Å²) in [6.07, 6.45) is 3.71. The number of thiophene rings is 2. The summed E-state index contributed by atoms with van der Waals surface area (Å²) in [5, 5.41) is 9.47. The Hall–Kier alpha value is -5.79. The van der Waals surface area contributed by atoms with Crippen LogP contribution in [0.15, 0.2) is 133 Å². The molecule has 1 spiro atoms. The minimum Gasteiger partial charge on any atom is -0.309 e. The van der Waals surface area contributed by atoms with Gasteiger partial charge in [0.25, 0.3) is 5.70 Å². The standard InChI is InChI=1S/C40H22N4S2/c1-42-25(23-41)20-29-22-35-38(45-29)36-39(46-35)37-34(40(36)32-18-10-8-16-30(32)31-17-9-11-19-33(31)40)21-28(24-43-37)44(26-12-4-2-5-13-26)27-14-6-3-7-15-27/h2-22,24H/b25-20-. The summed E-state index contributed by atoms with van der Waals surface area (Å²) in [4.78, 5) is 13.1. The van der Waals surface area contributed by atoms with Gasteiger partial charge in [-0.05, 0) is 64.7 Å². The molecule has 0 amide bonds. The van der Waals surface area contributed by atoms with Gasteiger partial charge in [0.15, 0.2) is 0 Å². The number of fused-ring (bicyclic) bond motifs is 12. The summed E-state index contributed by atoms with van der Waals surface area (Å²) in [6.45, 7) is 7.42. The molecule has 0 unspecified atom stereocenters. The van der Waals surface area contributed by atoms with E-state index in [0.717, 1.165) is 32.3 Å². The van der Waals surface area contributed by atoms with Gasteiger partial charge in [-0.3, -0.25) is 4.98 Å². The molecule has 4 nitrogen and oxygen atoms in total. The maximum atomic E-state index is 9.47. The predicted molar refractivity (Wildman–Crippen MR) is 189 cm³/mol. The lowest BCUT2D eigenvalue weighted by molar-refractivity contribution is 0.801. The second-order valence-corrected chi connectivity index (χ2v) is 13.5. The minimum atomic E-state index is -0.568. The number of hydrogen-bond acceptors (Lipinski definition) is 5. The van der Waals surface area contributed by atoms with Gasteiger partial charge in [-0.2, -0.15) is 0 Å². The number of allylic oxidation sites excluding steroid dienone is 1. The average molecular weight is 623 g/mol. The van der Waals surface area contributed by atoms with Crippen LogP contribution in [0.3, 0.4) is 0 Å². The maximum Gasteiger partial charge on any atom is 0.263 e. The third-order valence-electron chi connectivity index (χ3n) is 9.00. The molecular weight excluding hydrogens is 601 g/mol. The van der Waals surface area contributed by atoms with Gasteiger partial charge < -0.3 is 4.90 Å². The number of rotatable bonds is 4. The van der Waals surface area contributed by atoms with E-state index in [-0.39, 0.29) is 5.70 Å². The summed E-state index contributed by atoms with van der Waals surface area (Å²) >= 11 is 3.41. The Bertz CT molecular complexity index is 2360. The first kappa shape index (κ1) is 26.6. The summed E-state index contributed by atoms with van der Waals surface area (Å²) in [6, 6.07) is 44.9. The number of para-hydroxylation sites is 2. The highest BCUT2D eigenvalue weighted by Gasteiger charge is 2.54. The first-order valence-electron chi connectivity index (χ1n) is 14.9. The van der Waals surface area contributed by atoms with E-state index in [1.54, 1.807) is 28.7 Å². The predicted octanol–water partition coefficient (Wildman–Crippen LogP) is 11.0. The Balaban J connectivity index is 1.37. The van der Waals surface area contributed by atoms with Crippen molar-refractivity contribution in [3.05, 3.63) is 172 Å². The number of hydrogen-bond donors (Lipinski definition) is 0. The van der Waals surface area contributed by atoms with Crippen molar-refractivity contribution < 1.29 is 0 Å². The molecule has 2 aliphatic carbocycles. The lowest BCUT2D eigenvalue weighted by Gasteiger charge is -2.31. The van der Waals surface area contributed by atoms with Crippen LogP contribution < -0.4 is 4.90 Å². The van der Waals surface area contributed by atoms with Gasteiger partial charge in [0, 0.05) is 32.1 Å². The highest BCUT2D eigenvalue weighted by Crippen LogP contribution is 2.66. The van der Waals surface area contributed by atoms with Crippen molar-refractivity contribution in [3.8, 4) is 27.8 Å². The van der Waals surface area contributed by atoms with Crippen LogP contribution in [0, 0.1) is 17.9 Å². The number of aromatic nitrogens is 1. The van der Waals surface area contributed by atoms with Gasteiger partial charge in [0.05, 0.1) is 45.2 Å². The molecule has 3 heterocycles. The van der Waals surface area contributed by atoms with E-state index in [4.69, 9.17) is 11.6 Å². The van der Waals surface area contributed by atoms with Crippen LogP contribution in [0.4, 0.5) is 17.1 Å². The Morgan fingerprint density at radius 2 is 1.37 bits per heavy atom. The van der Waals surface area contributed by atoms with Crippen LogP contribution in [0.25, 0.3) is 42.0 Å². The van der Waals surface area contributed by atoms with Gasteiger partial charge in [-0.25, -0.2) is 10.1 Å². The molecule has 0 atom stereocenters. The number of benzene rings is 4. The Kier molecular flexibility index (Phi) is 5.85. The van der Waals surface area contributed by atoms with E-state index in [0.29, 0.717) is 0 Å². The molecule has 7 aromatic rings. The molecular formula is C40H22N4S2. The van der Waals surface area contributed by atoms with Crippen molar-refractivity contribution in [2.24, 2.45) is 0 Å². The molecule has 46 heavy (non-hydrogen) atoms. The van der Waals surface area contributed by atoms with E-state index in [1.807, 2.05) is 24.4 Å². The second-order valence-electron chi connectivity index (χ2n) is 11.3. The zero-order chi connectivity index (χ0) is 30.8. The highest BCUT2D eigenvalue weighted by atomic mass is 32.1. The van der Waals surface area contributed by atoms with E-state index in [1.165, 1.54) is 43.0 Å². The molecule has 0 saturated carbocycles. The van der Waals surface area contributed by atoms with Crippen LogP contribution in [0.5, 0.6) is 0 Å². The van der Waals surface area contributed by atoms with Gasteiger partial charge in [0.2, 0.25) is 0 Å². The molecule has 0 bridgehead atoms. The first-order chi connectivity index (χ1) is 22.7. The van der Waals surface area contributed by atoms with Crippen molar-refractivity contribution in [1.29, 1.82) is 5.26 Å². The number of anilines is 3. The Morgan fingerprint density at radius 1 is 0.761 bits per heavy atom. The Labute approximate surface area is 274 Å². The minimum absolute atomic E-state index is 0.0910. The zero-order valence-corrected chi connectivity index (χ0v) is 25.9. The summed E-state index contributed by atoms with van der Waals surface area (Å²) < 4.78 is 2.33. The van der Waals surface area contributed by atoms with Crippen LogP contribution in [0.2, 0.25) is 0 Å². The first-order valence-corrected chi connectivity index (χ1v) is 16.5. The van der Waals surface area contributed by atoms with Crippen molar-refractivity contribution >= 4 is 55.2 Å². The fraction of sp³-hybridized carbons (Fsp3) is 0.0250. The topological polar surface area (TPSA) is 44.3 Å². The molecule has 0 radical (unpaired) electrons. The van der Waals surface area contributed by atoms with E-state index < -0.39 is 5.41 Å². The van der Waals surface area contributed by atoms with Crippen LogP contribution >= 0.6 is 22.7 Å². The molecule has 3 aromatic heterocycles. The van der Waals surface area contributed by atoms with Crippen LogP contribution in [0.1, 0.15) is 27.1 Å².